The Bertz CT molecular complexity index is 1000. The second-order valence-corrected chi connectivity index (χ2v) is 7.94. The molecule has 0 bridgehead atoms. The van der Waals surface area contributed by atoms with E-state index in [0.29, 0.717) is 12.0 Å². The van der Waals surface area contributed by atoms with Crippen LogP contribution in [0.2, 0.25) is 0 Å². The van der Waals surface area contributed by atoms with E-state index in [2.05, 4.69) is 55.8 Å². The van der Waals surface area contributed by atoms with Crippen LogP contribution in [0.15, 0.2) is 48.5 Å². The fourth-order valence-corrected chi connectivity index (χ4v) is 2.90. The summed E-state index contributed by atoms with van der Waals surface area (Å²) < 4.78 is 21.0. The molecule has 0 saturated heterocycles. The second-order valence-electron chi connectivity index (χ2n) is 7.94. The summed E-state index contributed by atoms with van der Waals surface area (Å²) in [6.07, 6.45) is 5.33. The van der Waals surface area contributed by atoms with Gasteiger partial charge in [0.2, 0.25) is 6.41 Å². The number of fused-ring (bicyclic) bond motifs is 1. The van der Waals surface area contributed by atoms with Gasteiger partial charge in [-0.05, 0) is 43.5 Å². The highest BCUT2D eigenvalue weighted by atomic mass is 19.1. The Morgan fingerprint density at radius 1 is 1.03 bits per heavy atom. The molecule has 0 atom stereocenters. The number of hydrogen-bond donors (Lipinski definition) is 1. The van der Waals surface area contributed by atoms with Crippen molar-refractivity contribution in [1.29, 1.82) is 5.26 Å². The first-order valence-corrected chi connectivity index (χ1v) is 13.3. The van der Waals surface area contributed by atoms with Gasteiger partial charge in [-0.2, -0.15) is 5.26 Å². The number of unbranched alkanes of at least 4 members (excludes halogenated alkanes) is 1. The molecular formula is C31H48FN3O2. The van der Waals surface area contributed by atoms with E-state index in [1.807, 2.05) is 45.2 Å². The number of aryl methyl sites for hydroxylation is 2. The number of hydrogen-bond acceptors (Lipinski definition) is 3. The van der Waals surface area contributed by atoms with Crippen molar-refractivity contribution in [2.45, 2.75) is 74.1 Å². The number of amides is 1. The third-order valence-electron chi connectivity index (χ3n) is 4.67. The van der Waals surface area contributed by atoms with E-state index >= 15 is 0 Å². The average Bonchev–Trinajstić information content (AvgIpc) is 3.26. The molecule has 5 nitrogen and oxygen atoms in total. The van der Waals surface area contributed by atoms with Gasteiger partial charge in [-0.25, -0.2) is 4.39 Å². The van der Waals surface area contributed by atoms with Crippen LogP contribution in [0.5, 0.6) is 0 Å². The Balaban J connectivity index is 0. The normalized spacial score (nSPS) is 9.08. The van der Waals surface area contributed by atoms with Crippen molar-refractivity contribution in [3.63, 3.8) is 0 Å². The van der Waals surface area contributed by atoms with Gasteiger partial charge in [-0.15, -0.1) is 0 Å². The van der Waals surface area contributed by atoms with Crippen LogP contribution in [0.3, 0.4) is 0 Å². The quantitative estimate of drug-likeness (QED) is 0.187. The molecule has 0 fully saturated rings. The number of benzene rings is 2. The Kier molecular flexibility index (Phi) is 23.9. The minimum atomic E-state index is -0.155. The first kappa shape index (κ1) is 36.0. The molecule has 3 aromatic rings. The third-order valence-corrected chi connectivity index (χ3v) is 4.67. The van der Waals surface area contributed by atoms with Crippen LogP contribution in [-0.4, -0.2) is 30.7 Å². The Hall–Kier alpha value is -3.17. The van der Waals surface area contributed by atoms with Gasteiger partial charge in [0.15, 0.2) is 0 Å². The molecule has 0 radical (unpaired) electrons. The standard InChI is InChI=1S/C16H14FN.C7H16O.C3H4N2O.C3H8.C2H6/c1-11-7-8-13(9-14(11)17)16-10-12-5-3-4-6-15(12)18(16)2;1-3-5-7-8-6-4-2;4-1-2-5-3-6;1-3-2;1-2/h3-10H,1-2H3;3-7H2,1-2H3;3H,2H2,(H,5,6);3H2,1-2H3;1-2H3. The lowest BCUT2D eigenvalue weighted by Gasteiger charge is -2.05. The van der Waals surface area contributed by atoms with Crippen LogP contribution in [0.25, 0.3) is 22.2 Å². The van der Waals surface area contributed by atoms with Crippen LogP contribution >= 0.6 is 0 Å². The monoisotopic (exact) mass is 513 g/mol. The third kappa shape index (κ3) is 15.5. The molecule has 2 aromatic carbocycles. The van der Waals surface area contributed by atoms with E-state index in [1.165, 1.54) is 24.6 Å². The molecule has 0 aliphatic carbocycles. The van der Waals surface area contributed by atoms with Crippen LogP contribution in [-0.2, 0) is 16.6 Å². The Labute approximate surface area is 224 Å². The molecule has 0 unspecified atom stereocenters. The molecule has 0 saturated carbocycles. The van der Waals surface area contributed by atoms with Crippen LogP contribution in [0.4, 0.5) is 4.39 Å². The van der Waals surface area contributed by atoms with Crippen molar-refractivity contribution in [3.05, 3.63) is 59.9 Å². The summed E-state index contributed by atoms with van der Waals surface area (Å²) >= 11 is 0. The lowest BCUT2D eigenvalue weighted by molar-refractivity contribution is -0.109. The van der Waals surface area contributed by atoms with Gasteiger partial charge in [-0.1, -0.05) is 84.7 Å². The Morgan fingerprint density at radius 3 is 2.16 bits per heavy atom. The highest BCUT2D eigenvalue weighted by molar-refractivity contribution is 5.86. The molecule has 0 aliphatic heterocycles. The topological polar surface area (TPSA) is 67.1 Å². The first-order valence-electron chi connectivity index (χ1n) is 13.3. The fraction of sp³-hybridized carbons (Fsp3) is 0.484. The highest BCUT2D eigenvalue weighted by Gasteiger charge is 2.08. The molecule has 1 amide bonds. The van der Waals surface area contributed by atoms with Gasteiger partial charge in [-0.3, -0.25) is 4.79 Å². The molecule has 206 valence electrons. The summed E-state index contributed by atoms with van der Waals surface area (Å²) in [4.78, 5) is 9.30. The van der Waals surface area contributed by atoms with E-state index in [1.54, 1.807) is 19.1 Å². The van der Waals surface area contributed by atoms with E-state index in [4.69, 9.17) is 10.00 Å². The number of carbonyl (C=O) groups excluding carboxylic acids is 1. The van der Waals surface area contributed by atoms with Crippen molar-refractivity contribution < 1.29 is 13.9 Å². The number of nitrogens with zero attached hydrogens (tertiary/aromatic N) is 2. The number of carbonyl (C=O) groups is 1. The van der Waals surface area contributed by atoms with Crippen LogP contribution < -0.4 is 5.32 Å². The van der Waals surface area contributed by atoms with Gasteiger partial charge >= 0.3 is 0 Å². The van der Waals surface area contributed by atoms with E-state index in [-0.39, 0.29) is 12.4 Å². The van der Waals surface area contributed by atoms with Gasteiger partial charge < -0.3 is 14.6 Å². The summed E-state index contributed by atoms with van der Waals surface area (Å²) in [6.45, 7) is 16.3. The predicted octanol–water partition coefficient (Wildman–Crippen LogP) is 8.20. The highest BCUT2D eigenvalue weighted by Crippen LogP contribution is 2.28. The summed E-state index contributed by atoms with van der Waals surface area (Å²) in [6, 6.07) is 17.4. The molecule has 0 aliphatic rings. The number of rotatable bonds is 8. The van der Waals surface area contributed by atoms with Crippen molar-refractivity contribution in [3.8, 4) is 17.3 Å². The van der Waals surface area contributed by atoms with Gasteiger partial charge in [0.05, 0.1) is 6.07 Å². The number of para-hydroxylation sites is 1. The number of halogens is 1. The van der Waals surface area contributed by atoms with E-state index < -0.39 is 0 Å². The van der Waals surface area contributed by atoms with Crippen molar-refractivity contribution >= 4 is 17.3 Å². The largest absolute Gasteiger partial charge is 0.381 e. The summed E-state index contributed by atoms with van der Waals surface area (Å²) in [5, 5.41) is 11.1. The van der Waals surface area contributed by atoms with Gasteiger partial charge in [0.1, 0.15) is 12.4 Å². The van der Waals surface area contributed by atoms with Gasteiger partial charge in [0, 0.05) is 42.4 Å². The zero-order chi connectivity index (χ0) is 28.5. The lowest BCUT2D eigenvalue weighted by atomic mass is 10.1. The number of aromatic nitrogens is 1. The zero-order valence-electron chi connectivity index (χ0n) is 24.2. The minimum absolute atomic E-state index is 0.101. The molecule has 1 heterocycles. The molecule has 0 spiro atoms. The maximum atomic E-state index is 13.6. The summed E-state index contributed by atoms with van der Waals surface area (Å²) in [7, 11) is 2.01. The molecule has 37 heavy (non-hydrogen) atoms. The van der Waals surface area contributed by atoms with E-state index in [9.17, 15) is 9.18 Å². The molecule has 1 N–H and O–H groups in total. The second kappa shape index (κ2) is 24.5. The van der Waals surface area contributed by atoms with Crippen LogP contribution in [0, 0.1) is 24.1 Å². The van der Waals surface area contributed by atoms with Gasteiger partial charge in [0.25, 0.3) is 0 Å². The number of ether oxygens (including phenoxy) is 1. The molecule has 3 rings (SSSR count). The smallest absolute Gasteiger partial charge is 0.207 e. The number of nitriles is 1. The van der Waals surface area contributed by atoms with Crippen molar-refractivity contribution in [2.75, 3.05) is 19.8 Å². The van der Waals surface area contributed by atoms with Crippen LogP contribution in [0.1, 0.15) is 72.8 Å². The SMILES string of the molecule is CC.CCC.CCCCOCCC.Cc1ccc(-c2cc3ccccc3n2C)cc1F.N#CCNC=O. The lowest BCUT2D eigenvalue weighted by Crippen LogP contribution is -2.09. The zero-order valence-corrected chi connectivity index (χ0v) is 24.2. The molecular weight excluding hydrogens is 465 g/mol. The van der Waals surface area contributed by atoms with Crippen molar-refractivity contribution in [1.82, 2.24) is 9.88 Å². The first-order chi connectivity index (χ1) is 17.9. The summed E-state index contributed by atoms with van der Waals surface area (Å²) in [5.74, 6) is -0.155. The molecule has 6 heteroatoms. The Morgan fingerprint density at radius 2 is 1.68 bits per heavy atom. The van der Waals surface area contributed by atoms with E-state index in [0.717, 1.165) is 36.4 Å². The van der Waals surface area contributed by atoms with Crippen molar-refractivity contribution in [2.24, 2.45) is 7.05 Å². The molecule has 1 aromatic heterocycles. The number of nitrogens with one attached hydrogen (secondary N) is 1. The average molecular weight is 514 g/mol. The fourth-order valence-electron chi connectivity index (χ4n) is 2.90. The maximum absolute atomic E-state index is 13.6. The maximum Gasteiger partial charge on any atom is 0.207 e. The minimum Gasteiger partial charge on any atom is -0.381 e. The predicted molar refractivity (Wildman–Crippen MR) is 156 cm³/mol. The summed E-state index contributed by atoms with van der Waals surface area (Å²) in [5.41, 5.74) is 3.79.